The van der Waals surface area contributed by atoms with E-state index in [1.807, 2.05) is 18.2 Å². The molecule has 0 amide bonds. The Morgan fingerprint density at radius 2 is 1.90 bits per heavy atom. The lowest BCUT2D eigenvalue weighted by atomic mass is 9.66. The number of ether oxygens (including phenoxy) is 2. The van der Waals surface area contributed by atoms with Crippen LogP contribution in [0.25, 0.3) is 0 Å². The van der Waals surface area contributed by atoms with Gasteiger partial charge in [-0.1, -0.05) is 75.9 Å². The second-order valence-corrected chi connectivity index (χ2v) is 10.4. The normalized spacial score (nSPS) is 39.1. The van der Waals surface area contributed by atoms with Gasteiger partial charge in [0.2, 0.25) is 0 Å². The monoisotopic (exact) mass is 408 g/mol. The Morgan fingerprint density at radius 3 is 2.50 bits per heavy atom. The molecule has 30 heavy (non-hydrogen) atoms. The zero-order valence-electron chi connectivity index (χ0n) is 19.0. The number of rotatable bonds is 6. The molecule has 0 aromatic heterocycles. The van der Waals surface area contributed by atoms with Crippen LogP contribution in [0.2, 0.25) is 0 Å². The van der Waals surface area contributed by atoms with Gasteiger partial charge in [0.15, 0.2) is 0 Å². The summed E-state index contributed by atoms with van der Waals surface area (Å²) in [6, 6.07) is 10.3. The molecule has 2 fully saturated rings. The van der Waals surface area contributed by atoms with E-state index in [-0.39, 0.29) is 23.4 Å². The third kappa shape index (κ3) is 3.18. The first kappa shape index (κ1) is 21.4. The number of methoxy groups -OCH3 is 1. The number of hydrogen-bond acceptors (Lipinski definition) is 3. The lowest BCUT2D eigenvalue weighted by Crippen LogP contribution is -2.49. The van der Waals surface area contributed by atoms with Crippen LogP contribution in [0, 0.1) is 28.6 Å². The summed E-state index contributed by atoms with van der Waals surface area (Å²) in [6.07, 6.45) is 8.40. The standard InChI is InChI=1S/C27H36O3/c1-18-14-23-22(24(18)30-17-20-10-8-7-9-11-20)16-26(5,19(2)29-6)27(23,28)21-12-13-25(3,4)15-21/h7-13,15,18,22-24,28H,2,14,16-17H2,1,3-6H3/t18-,22+,23+,24+,26-,27+/m1/s1. The Balaban J connectivity index is 1.67. The van der Waals surface area contributed by atoms with Crippen LogP contribution in [0.3, 0.4) is 0 Å². The number of fused-ring (bicyclic) bond motifs is 1. The minimum Gasteiger partial charge on any atom is -0.501 e. The van der Waals surface area contributed by atoms with Gasteiger partial charge in [-0.25, -0.2) is 0 Å². The molecular formula is C27H36O3. The number of allylic oxidation sites excluding steroid dienone is 2. The van der Waals surface area contributed by atoms with E-state index >= 15 is 0 Å². The van der Waals surface area contributed by atoms with Crippen LogP contribution in [0.1, 0.15) is 46.1 Å². The van der Waals surface area contributed by atoms with E-state index in [0.717, 1.165) is 18.4 Å². The minimum absolute atomic E-state index is 0.0497. The van der Waals surface area contributed by atoms with Gasteiger partial charge in [0.25, 0.3) is 0 Å². The first-order valence-electron chi connectivity index (χ1n) is 11.2. The highest BCUT2D eigenvalue weighted by atomic mass is 16.5. The molecule has 2 saturated carbocycles. The van der Waals surface area contributed by atoms with Gasteiger partial charge in [0.1, 0.15) is 5.60 Å². The van der Waals surface area contributed by atoms with E-state index in [4.69, 9.17) is 9.47 Å². The molecule has 0 aliphatic heterocycles. The molecule has 3 nitrogen and oxygen atoms in total. The van der Waals surface area contributed by atoms with Crippen molar-refractivity contribution in [3.8, 4) is 0 Å². The molecule has 0 heterocycles. The molecule has 0 spiro atoms. The molecule has 1 aromatic rings. The molecule has 4 rings (SSSR count). The summed E-state index contributed by atoms with van der Waals surface area (Å²) in [4.78, 5) is 0. The SMILES string of the molecule is C=C(OC)[C@@]1(C)C[C@@H]2[C@@H](OCc3ccccc3)[C@H](C)C[C@@H]2[C@@]1(O)C1=CC(C)(C)C=C1. The van der Waals surface area contributed by atoms with Crippen molar-refractivity contribution in [3.63, 3.8) is 0 Å². The van der Waals surface area contributed by atoms with Crippen molar-refractivity contribution < 1.29 is 14.6 Å². The van der Waals surface area contributed by atoms with Crippen LogP contribution < -0.4 is 0 Å². The maximum absolute atomic E-state index is 12.4. The maximum Gasteiger partial charge on any atom is 0.105 e. The van der Waals surface area contributed by atoms with Crippen molar-refractivity contribution >= 4 is 0 Å². The van der Waals surface area contributed by atoms with Gasteiger partial charge in [-0.05, 0) is 48.7 Å². The highest BCUT2D eigenvalue weighted by Crippen LogP contribution is 2.66. The summed E-state index contributed by atoms with van der Waals surface area (Å²) in [5.74, 6) is 1.45. The van der Waals surface area contributed by atoms with Crippen LogP contribution in [-0.2, 0) is 16.1 Å². The molecule has 1 N–H and O–H groups in total. The molecule has 0 saturated heterocycles. The Morgan fingerprint density at radius 1 is 1.20 bits per heavy atom. The lowest BCUT2D eigenvalue weighted by molar-refractivity contribution is -0.0536. The lowest BCUT2D eigenvalue weighted by Gasteiger charge is -2.44. The topological polar surface area (TPSA) is 38.7 Å². The summed E-state index contributed by atoms with van der Waals surface area (Å²) in [5, 5.41) is 12.4. The van der Waals surface area contributed by atoms with Gasteiger partial charge in [-0.15, -0.1) is 0 Å². The zero-order valence-corrected chi connectivity index (χ0v) is 19.0. The third-order valence-electron chi connectivity index (χ3n) is 7.95. The molecular weight excluding hydrogens is 372 g/mol. The summed E-state index contributed by atoms with van der Waals surface area (Å²) in [6.45, 7) is 13.6. The van der Waals surface area contributed by atoms with E-state index in [9.17, 15) is 5.11 Å². The van der Waals surface area contributed by atoms with Crippen molar-refractivity contribution in [1.82, 2.24) is 0 Å². The summed E-state index contributed by atoms with van der Waals surface area (Å²) in [7, 11) is 1.66. The van der Waals surface area contributed by atoms with Gasteiger partial charge in [-0.2, -0.15) is 0 Å². The fourth-order valence-electron chi connectivity index (χ4n) is 6.31. The van der Waals surface area contributed by atoms with Crippen LogP contribution in [-0.4, -0.2) is 23.9 Å². The van der Waals surface area contributed by atoms with Crippen molar-refractivity contribution in [1.29, 1.82) is 0 Å². The second kappa shape index (κ2) is 7.39. The molecule has 0 unspecified atom stereocenters. The highest BCUT2D eigenvalue weighted by molar-refractivity contribution is 5.45. The van der Waals surface area contributed by atoms with Crippen molar-refractivity contribution in [2.45, 2.75) is 58.8 Å². The zero-order chi connectivity index (χ0) is 21.7. The van der Waals surface area contributed by atoms with Crippen LogP contribution in [0.5, 0.6) is 0 Å². The Kier molecular flexibility index (Phi) is 5.27. The van der Waals surface area contributed by atoms with Gasteiger partial charge >= 0.3 is 0 Å². The highest BCUT2D eigenvalue weighted by Gasteiger charge is 2.68. The van der Waals surface area contributed by atoms with E-state index in [1.54, 1.807) is 7.11 Å². The van der Waals surface area contributed by atoms with E-state index in [0.29, 0.717) is 18.3 Å². The first-order chi connectivity index (χ1) is 14.1. The fraction of sp³-hybridized carbons (Fsp3) is 0.556. The smallest absolute Gasteiger partial charge is 0.105 e. The fourth-order valence-corrected chi connectivity index (χ4v) is 6.31. The summed E-state index contributed by atoms with van der Waals surface area (Å²) in [5.41, 5.74) is 0.590. The van der Waals surface area contributed by atoms with Crippen LogP contribution in [0.15, 0.2) is 66.5 Å². The predicted molar refractivity (Wildman–Crippen MR) is 121 cm³/mol. The summed E-state index contributed by atoms with van der Waals surface area (Å²) < 4.78 is 12.2. The quantitative estimate of drug-likeness (QED) is 0.617. The van der Waals surface area contributed by atoms with Gasteiger partial charge < -0.3 is 14.6 Å². The van der Waals surface area contributed by atoms with Crippen LogP contribution >= 0.6 is 0 Å². The Hall–Kier alpha value is -1.84. The number of aliphatic hydroxyl groups is 1. The molecule has 162 valence electrons. The van der Waals surface area contributed by atoms with Gasteiger partial charge in [-0.3, -0.25) is 0 Å². The average molecular weight is 409 g/mol. The molecule has 3 aliphatic rings. The second-order valence-electron chi connectivity index (χ2n) is 10.4. The molecule has 3 heteroatoms. The average Bonchev–Trinajstić information content (AvgIpc) is 3.31. The maximum atomic E-state index is 12.4. The Bertz CT molecular complexity index is 867. The largest absolute Gasteiger partial charge is 0.501 e. The van der Waals surface area contributed by atoms with Gasteiger partial charge in [0, 0.05) is 5.41 Å². The van der Waals surface area contributed by atoms with Crippen LogP contribution in [0.4, 0.5) is 0 Å². The minimum atomic E-state index is -1.01. The van der Waals surface area contributed by atoms with Crippen molar-refractivity contribution in [2.24, 2.45) is 28.6 Å². The molecule has 3 aliphatic carbocycles. The molecule has 6 atom stereocenters. The van der Waals surface area contributed by atoms with E-state index < -0.39 is 11.0 Å². The molecule has 0 radical (unpaired) electrons. The van der Waals surface area contributed by atoms with Crippen molar-refractivity contribution in [3.05, 3.63) is 72.0 Å². The molecule has 1 aromatic carbocycles. The Labute approximate surface area is 181 Å². The van der Waals surface area contributed by atoms with E-state index in [1.165, 1.54) is 5.56 Å². The van der Waals surface area contributed by atoms with E-state index in [2.05, 4.69) is 64.6 Å². The third-order valence-corrected chi connectivity index (χ3v) is 7.95. The van der Waals surface area contributed by atoms with Crippen molar-refractivity contribution in [2.75, 3.05) is 7.11 Å². The summed E-state index contributed by atoms with van der Waals surface area (Å²) >= 11 is 0. The number of hydrogen-bond donors (Lipinski definition) is 1. The number of benzene rings is 1. The predicted octanol–water partition coefficient (Wildman–Crippen LogP) is 5.67. The first-order valence-corrected chi connectivity index (χ1v) is 11.2. The molecule has 0 bridgehead atoms. The van der Waals surface area contributed by atoms with Gasteiger partial charge in [0.05, 0.1) is 31.0 Å².